The summed E-state index contributed by atoms with van der Waals surface area (Å²) in [4.78, 5) is 13.6. The molecule has 1 heterocycles. The van der Waals surface area contributed by atoms with Crippen molar-refractivity contribution in [1.29, 1.82) is 5.26 Å². The molecule has 1 fully saturated rings. The lowest BCUT2D eigenvalue weighted by Crippen LogP contribution is -2.52. The van der Waals surface area contributed by atoms with Crippen molar-refractivity contribution in [1.82, 2.24) is 4.90 Å². The zero-order chi connectivity index (χ0) is 11.5. The van der Waals surface area contributed by atoms with Gasteiger partial charge in [-0.3, -0.25) is 4.79 Å². The standard InChI is InChI=1S/C11H18N2O2/c1-4-9(7-12)10(14)13-5-6-15-11(2,3)8-13/h9H,4-6,8H2,1-3H3. The third-order valence-corrected chi connectivity index (χ3v) is 2.60. The first-order valence-corrected chi connectivity index (χ1v) is 5.32. The van der Waals surface area contributed by atoms with E-state index in [-0.39, 0.29) is 11.5 Å². The second-order valence-corrected chi connectivity index (χ2v) is 4.46. The number of nitriles is 1. The highest BCUT2D eigenvalue weighted by Gasteiger charge is 2.32. The lowest BCUT2D eigenvalue weighted by Gasteiger charge is -2.38. The molecule has 84 valence electrons. The van der Waals surface area contributed by atoms with Crippen LogP contribution < -0.4 is 0 Å². The number of carbonyl (C=O) groups is 1. The summed E-state index contributed by atoms with van der Waals surface area (Å²) in [6.07, 6.45) is 0.577. The Hall–Kier alpha value is -1.08. The van der Waals surface area contributed by atoms with Crippen molar-refractivity contribution < 1.29 is 9.53 Å². The van der Waals surface area contributed by atoms with E-state index in [1.165, 1.54) is 0 Å². The number of ether oxygens (including phenoxy) is 1. The van der Waals surface area contributed by atoms with Crippen LogP contribution in [0.15, 0.2) is 0 Å². The lowest BCUT2D eigenvalue weighted by molar-refractivity contribution is -0.148. The van der Waals surface area contributed by atoms with Gasteiger partial charge in [0.05, 0.1) is 18.3 Å². The first-order valence-electron chi connectivity index (χ1n) is 5.32. The Morgan fingerprint density at radius 2 is 2.33 bits per heavy atom. The quantitative estimate of drug-likeness (QED) is 0.687. The molecule has 0 aromatic heterocycles. The van der Waals surface area contributed by atoms with Gasteiger partial charge < -0.3 is 9.64 Å². The lowest BCUT2D eigenvalue weighted by atomic mass is 10.0. The molecule has 4 nitrogen and oxygen atoms in total. The Balaban J connectivity index is 2.64. The van der Waals surface area contributed by atoms with Crippen molar-refractivity contribution in [2.45, 2.75) is 32.8 Å². The Kier molecular flexibility index (Phi) is 3.70. The number of rotatable bonds is 2. The highest BCUT2D eigenvalue weighted by molar-refractivity contribution is 5.81. The van der Waals surface area contributed by atoms with Gasteiger partial charge in [0.25, 0.3) is 0 Å². The second kappa shape index (κ2) is 4.63. The summed E-state index contributed by atoms with van der Waals surface area (Å²) in [6.45, 7) is 7.50. The van der Waals surface area contributed by atoms with Gasteiger partial charge in [-0.05, 0) is 20.3 Å². The van der Waals surface area contributed by atoms with Gasteiger partial charge in [0.1, 0.15) is 5.92 Å². The SMILES string of the molecule is CCC(C#N)C(=O)N1CCOC(C)(C)C1. The van der Waals surface area contributed by atoms with Crippen molar-refractivity contribution in [3.05, 3.63) is 0 Å². The van der Waals surface area contributed by atoms with E-state index in [1.807, 2.05) is 26.8 Å². The fourth-order valence-electron chi connectivity index (χ4n) is 1.75. The van der Waals surface area contributed by atoms with Crippen LogP contribution in [0, 0.1) is 17.2 Å². The van der Waals surface area contributed by atoms with E-state index in [9.17, 15) is 4.79 Å². The Morgan fingerprint density at radius 1 is 1.67 bits per heavy atom. The molecule has 1 aliphatic heterocycles. The fraction of sp³-hybridized carbons (Fsp3) is 0.818. The van der Waals surface area contributed by atoms with E-state index in [2.05, 4.69) is 0 Å². The predicted molar refractivity (Wildman–Crippen MR) is 56.0 cm³/mol. The first kappa shape index (κ1) is 12.0. The molecule has 0 N–H and O–H groups in total. The summed E-state index contributed by atoms with van der Waals surface area (Å²) in [7, 11) is 0. The fourth-order valence-corrected chi connectivity index (χ4v) is 1.75. The van der Waals surface area contributed by atoms with E-state index in [4.69, 9.17) is 10.00 Å². The molecule has 1 aliphatic rings. The highest BCUT2D eigenvalue weighted by Crippen LogP contribution is 2.18. The third kappa shape index (κ3) is 2.93. The monoisotopic (exact) mass is 210 g/mol. The Labute approximate surface area is 90.8 Å². The summed E-state index contributed by atoms with van der Waals surface area (Å²) in [5, 5.41) is 8.83. The minimum absolute atomic E-state index is 0.0589. The molecule has 1 saturated heterocycles. The molecule has 1 amide bonds. The largest absolute Gasteiger partial charge is 0.372 e. The van der Waals surface area contributed by atoms with E-state index in [1.54, 1.807) is 4.90 Å². The third-order valence-electron chi connectivity index (χ3n) is 2.60. The number of carbonyl (C=O) groups excluding carboxylic acids is 1. The molecule has 0 bridgehead atoms. The van der Waals surface area contributed by atoms with Crippen LogP contribution in [-0.2, 0) is 9.53 Å². The molecular weight excluding hydrogens is 192 g/mol. The molecule has 0 spiro atoms. The molecule has 0 aromatic rings. The van der Waals surface area contributed by atoms with Gasteiger partial charge in [-0.2, -0.15) is 5.26 Å². The summed E-state index contributed by atoms with van der Waals surface area (Å²) >= 11 is 0. The van der Waals surface area contributed by atoms with E-state index in [0.717, 1.165) is 0 Å². The molecule has 0 radical (unpaired) electrons. The second-order valence-electron chi connectivity index (χ2n) is 4.46. The van der Waals surface area contributed by atoms with Crippen LogP contribution in [0.5, 0.6) is 0 Å². The van der Waals surface area contributed by atoms with Gasteiger partial charge in [-0.1, -0.05) is 6.92 Å². The molecule has 1 atom stereocenters. The van der Waals surface area contributed by atoms with E-state index < -0.39 is 5.92 Å². The summed E-state index contributed by atoms with van der Waals surface area (Å²) in [5.41, 5.74) is -0.290. The van der Waals surface area contributed by atoms with Crippen molar-refractivity contribution in [3.8, 4) is 6.07 Å². The summed E-state index contributed by atoms with van der Waals surface area (Å²) in [6, 6.07) is 2.04. The Bertz CT molecular complexity index is 281. The normalized spacial score (nSPS) is 21.9. The van der Waals surface area contributed by atoms with Gasteiger partial charge >= 0.3 is 0 Å². The molecule has 1 unspecified atom stereocenters. The number of hydrogen-bond acceptors (Lipinski definition) is 3. The minimum atomic E-state index is -0.501. The maximum Gasteiger partial charge on any atom is 0.240 e. The molecule has 1 rings (SSSR count). The van der Waals surface area contributed by atoms with Crippen molar-refractivity contribution in [2.24, 2.45) is 5.92 Å². The highest BCUT2D eigenvalue weighted by atomic mass is 16.5. The van der Waals surface area contributed by atoms with Crippen molar-refractivity contribution in [2.75, 3.05) is 19.7 Å². The molecular formula is C11H18N2O2. The maximum absolute atomic E-state index is 11.9. The summed E-state index contributed by atoms with van der Waals surface area (Å²) in [5.74, 6) is -0.560. The zero-order valence-electron chi connectivity index (χ0n) is 9.62. The van der Waals surface area contributed by atoms with Crippen LogP contribution in [0.4, 0.5) is 0 Å². The van der Waals surface area contributed by atoms with Crippen LogP contribution >= 0.6 is 0 Å². The van der Waals surface area contributed by atoms with Crippen LogP contribution in [0.25, 0.3) is 0 Å². The van der Waals surface area contributed by atoms with E-state index in [0.29, 0.717) is 26.1 Å². The number of nitrogens with zero attached hydrogens (tertiary/aromatic N) is 2. The van der Waals surface area contributed by atoms with Gasteiger partial charge in [0.2, 0.25) is 5.91 Å². The van der Waals surface area contributed by atoms with Gasteiger partial charge in [-0.25, -0.2) is 0 Å². The molecule has 4 heteroatoms. The molecule has 0 aromatic carbocycles. The van der Waals surface area contributed by atoms with Crippen LogP contribution in [-0.4, -0.2) is 36.1 Å². The average molecular weight is 210 g/mol. The Morgan fingerprint density at radius 3 is 2.80 bits per heavy atom. The minimum Gasteiger partial charge on any atom is -0.372 e. The number of hydrogen-bond donors (Lipinski definition) is 0. The van der Waals surface area contributed by atoms with Gasteiger partial charge in [-0.15, -0.1) is 0 Å². The van der Waals surface area contributed by atoms with Gasteiger partial charge in [0, 0.05) is 13.1 Å². The maximum atomic E-state index is 11.9. The smallest absolute Gasteiger partial charge is 0.240 e. The van der Waals surface area contributed by atoms with Crippen LogP contribution in [0.3, 0.4) is 0 Å². The molecule has 0 saturated carbocycles. The average Bonchev–Trinajstić information content (AvgIpc) is 2.18. The van der Waals surface area contributed by atoms with E-state index >= 15 is 0 Å². The predicted octanol–water partition coefficient (Wildman–Crippen LogP) is 1.17. The topological polar surface area (TPSA) is 53.3 Å². The van der Waals surface area contributed by atoms with Gasteiger partial charge in [0.15, 0.2) is 0 Å². The number of morpholine rings is 1. The van der Waals surface area contributed by atoms with Crippen LogP contribution in [0.1, 0.15) is 27.2 Å². The molecule has 15 heavy (non-hydrogen) atoms. The molecule has 0 aliphatic carbocycles. The van der Waals surface area contributed by atoms with Crippen molar-refractivity contribution in [3.63, 3.8) is 0 Å². The first-order chi connectivity index (χ1) is 7.00. The number of amides is 1. The van der Waals surface area contributed by atoms with Crippen LogP contribution in [0.2, 0.25) is 0 Å². The zero-order valence-corrected chi connectivity index (χ0v) is 9.62. The summed E-state index contributed by atoms with van der Waals surface area (Å²) < 4.78 is 5.52. The van der Waals surface area contributed by atoms with Crippen molar-refractivity contribution >= 4 is 5.91 Å².